The van der Waals surface area contributed by atoms with Gasteiger partial charge in [-0.05, 0) is 56.5 Å². The summed E-state index contributed by atoms with van der Waals surface area (Å²) in [7, 11) is 0. The summed E-state index contributed by atoms with van der Waals surface area (Å²) in [4.78, 5) is 11.8. The van der Waals surface area contributed by atoms with E-state index in [2.05, 4.69) is 47.7 Å². The molecule has 126 valence electrons. The smallest absolute Gasteiger partial charge is 0.259 e. The van der Waals surface area contributed by atoms with E-state index in [9.17, 15) is 15.0 Å². The van der Waals surface area contributed by atoms with Crippen molar-refractivity contribution < 1.29 is 15.0 Å². The van der Waals surface area contributed by atoms with E-state index >= 15 is 0 Å². The van der Waals surface area contributed by atoms with Crippen LogP contribution < -0.4 is 10.7 Å². The van der Waals surface area contributed by atoms with Crippen LogP contribution in [0.2, 0.25) is 0 Å². The van der Waals surface area contributed by atoms with Crippen molar-refractivity contribution in [3.63, 3.8) is 0 Å². The number of phenols is 2. The lowest BCUT2D eigenvalue weighted by atomic mass is 10.2. The summed E-state index contributed by atoms with van der Waals surface area (Å²) in [5, 5.41) is 26.4. The lowest BCUT2D eigenvalue weighted by Gasteiger charge is -2.08. The van der Waals surface area contributed by atoms with Crippen LogP contribution in [0.3, 0.4) is 0 Å². The predicted molar refractivity (Wildman–Crippen MR) is 101 cm³/mol. The summed E-state index contributed by atoms with van der Waals surface area (Å²) in [6, 6.07) is 9.12. The number of amides is 1. The van der Waals surface area contributed by atoms with Gasteiger partial charge in [-0.15, -0.1) is 0 Å². The Morgan fingerprint density at radius 1 is 1.25 bits per heavy atom. The second kappa shape index (κ2) is 8.16. The molecule has 0 saturated heterocycles. The minimum absolute atomic E-state index is 0.0666. The number of hydrogen-bond donors (Lipinski definition) is 4. The van der Waals surface area contributed by atoms with Crippen molar-refractivity contribution in [3.8, 4) is 11.5 Å². The molecule has 0 radical (unpaired) electrons. The molecule has 4 N–H and O–H groups in total. The number of para-hydroxylation sites is 1. The summed E-state index contributed by atoms with van der Waals surface area (Å²) in [5.41, 5.74) is 4.61. The number of carbonyl (C=O) groups is 1. The second-order valence-corrected chi connectivity index (χ2v) is 6.57. The summed E-state index contributed by atoms with van der Waals surface area (Å²) in [6.45, 7) is 2.01. The number of halogens is 2. The first-order chi connectivity index (χ1) is 11.4. The van der Waals surface area contributed by atoms with E-state index in [-0.39, 0.29) is 28.4 Å². The van der Waals surface area contributed by atoms with Gasteiger partial charge in [0.25, 0.3) is 5.91 Å². The normalized spacial score (nSPS) is 10.8. The Balaban J connectivity index is 1.95. The molecule has 0 heterocycles. The molecule has 2 aromatic carbocycles. The fourth-order valence-electron chi connectivity index (χ4n) is 1.88. The molecule has 6 nitrogen and oxygen atoms in total. The van der Waals surface area contributed by atoms with Crippen molar-refractivity contribution in [1.29, 1.82) is 0 Å². The molecule has 0 fully saturated rings. The van der Waals surface area contributed by atoms with Gasteiger partial charge in [0.05, 0.1) is 17.2 Å². The molecule has 0 aromatic heterocycles. The quantitative estimate of drug-likeness (QED) is 0.409. The average molecular weight is 457 g/mol. The van der Waals surface area contributed by atoms with Crippen LogP contribution in [-0.4, -0.2) is 28.9 Å². The van der Waals surface area contributed by atoms with Crippen molar-refractivity contribution in [3.05, 3.63) is 50.4 Å². The zero-order valence-electron chi connectivity index (χ0n) is 12.7. The Kier molecular flexibility index (Phi) is 6.22. The minimum Gasteiger partial charge on any atom is -0.506 e. The Bertz CT molecular complexity index is 794. The third-order valence-electron chi connectivity index (χ3n) is 3.18. The van der Waals surface area contributed by atoms with Gasteiger partial charge in [-0.25, -0.2) is 5.43 Å². The zero-order chi connectivity index (χ0) is 17.7. The van der Waals surface area contributed by atoms with Crippen molar-refractivity contribution in [2.45, 2.75) is 6.92 Å². The summed E-state index contributed by atoms with van der Waals surface area (Å²) in [6.07, 6.45) is 1.29. The minimum atomic E-state index is -0.328. The molecule has 0 aliphatic rings. The van der Waals surface area contributed by atoms with Gasteiger partial charge in [-0.3, -0.25) is 4.79 Å². The number of aromatic hydroxyl groups is 2. The van der Waals surface area contributed by atoms with E-state index in [4.69, 9.17) is 0 Å². The highest BCUT2D eigenvalue weighted by Gasteiger charge is 2.12. The topological polar surface area (TPSA) is 94.0 Å². The molecule has 0 aliphatic carbocycles. The third-order valence-corrected chi connectivity index (χ3v) is 4.53. The van der Waals surface area contributed by atoms with E-state index in [1.165, 1.54) is 12.3 Å². The summed E-state index contributed by atoms with van der Waals surface area (Å²) < 4.78 is 0.534. The van der Waals surface area contributed by atoms with E-state index in [1.807, 2.05) is 31.2 Å². The van der Waals surface area contributed by atoms with Crippen molar-refractivity contribution >= 4 is 49.7 Å². The Morgan fingerprint density at radius 2 is 1.96 bits per heavy atom. The van der Waals surface area contributed by atoms with Gasteiger partial charge in [0.1, 0.15) is 16.0 Å². The fraction of sp³-hybridized carbons (Fsp3) is 0.125. The molecule has 0 atom stereocenters. The van der Waals surface area contributed by atoms with Crippen LogP contribution in [0.4, 0.5) is 5.69 Å². The maximum atomic E-state index is 11.8. The standard InChI is InChI=1S/C16H15Br2N3O3/c1-9-4-2-3-5-12(9)19-8-13(22)21-20-7-10-6-11(17)16(24)14(18)15(10)23/h2-7,19,23-24H,8H2,1H3,(H,21,22). The largest absolute Gasteiger partial charge is 0.506 e. The van der Waals surface area contributed by atoms with Crippen LogP contribution in [0.1, 0.15) is 11.1 Å². The van der Waals surface area contributed by atoms with E-state index in [1.54, 1.807) is 0 Å². The Labute approximate surface area is 155 Å². The first-order valence-electron chi connectivity index (χ1n) is 6.91. The molecule has 8 heteroatoms. The molecule has 0 saturated carbocycles. The average Bonchev–Trinajstić information content (AvgIpc) is 2.56. The summed E-state index contributed by atoms with van der Waals surface area (Å²) in [5.74, 6) is -0.617. The molecular weight excluding hydrogens is 442 g/mol. The van der Waals surface area contributed by atoms with Crippen LogP contribution in [0.25, 0.3) is 0 Å². The van der Waals surface area contributed by atoms with E-state index < -0.39 is 0 Å². The number of benzene rings is 2. The first-order valence-corrected chi connectivity index (χ1v) is 8.50. The monoisotopic (exact) mass is 455 g/mol. The van der Waals surface area contributed by atoms with Crippen LogP contribution in [0.5, 0.6) is 11.5 Å². The maximum Gasteiger partial charge on any atom is 0.259 e. The lowest BCUT2D eigenvalue weighted by Crippen LogP contribution is -2.26. The van der Waals surface area contributed by atoms with Gasteiger partial charge in [0, 0.05) is 11.3 Å². The number of rotatable bonds is 5. The highest BCUT2D eigenvalue weighted by atomic mass is 79.9. The second-order valence-electron chi connectivity index (χ2n) is 4.92. The number of anilines is 1. The molecule has 1 amide bonds. The molecule has 24 heavy (non-hydrogen) atoms. The molecular formula is C16H15Br2N3O3. The first kappa shape index (κ1) is 18.3. The van der Waals surface area contributed by atoms with Crippen molar-refractivity contribution in [1.82, 2.24) is 5.43 Å². The number of nitrogens with one attached hydrogen (secondary N) is 2. The van der Waals surface area contributed by atoms with Crippen LogP contribution in [0, 0.1) is 6.92 Å². The van der Waals surface area contributed by atoms with Gasteiger partial charge in [0.2, 0.25) is 0 Å². The van der Waals surface area contributed by atoms with Crippen molar-refractivity contribution in [2.24, 2.45) is 5.10 Å². The Hall–Kier alpha value is -2.06. The molecule has 0 aliphatic heterocycles. The van der Waals surface area contributed by atoms with Crippen LogP contribution in [-0.2, 0) is 4.79 Å². The Morgan fingerprint density at radius 3 is 2.67 bits per heavy atom. The van der Waals surface area contributed by atoms with Gasteiger partial charge in [0.15, 0.2) is 0 Å². The SMILES string of the molecule is Cc1ccccc1NCC(=O)NN=Cc1cc(Br)c(O)c(Br)c1O. The number of hydrazone groups is 1. The van der Waals surface area contributed by atoms with Crippen LogP contribution >= 0.6 is 31.9 Å². The van der Waals surface area contributed by atoms with Crippen molar-refractivity contribution in [2.75, 3.05) is 11.9 Å². The molecule has 0 bridgehead atoms. The molecule has 0 unspecified atom stereocenters. The highest BCUT2D eigenvalue weighted by molar-refractivity contribution is 9.11. The molecule has 2 rings (SSSR count). The molecule has 2 aromatic rings. The number of phenolic OH excluding ortho intramolecular Hbond substituents is 2. The molecule has 0 spiro atoms. The predicted octanol–water partition coefficient (Wildman–Crippen LogP) is 3.49. The number of aryl methyl sites for hydroxylation is 1. The van der Waals surface area contributed by atoms with Gasteiger partial charge in [-0.1, -0.05) is 18.2 Å². The van der Waals surface area contributed by atoms with E-state index in [0.717, 1.165) is 11.3 Å². The van der Waals surface area contributed by atoms with Gasteiger partial charge >= 0.3 is 0 Å². The lowest BCUT2D eigenvalue weighted by molar-refractivity contribution is -0.119. The van der Waals surface area contributed by atoms with Crippen LogP contribution in [0.15, 0.2) is 44.4 Å². The van der Waals surface area contributed by atoms with Gasteiger partial charge < -0.3 is 15.5 Å². The third kappa shape index (κ3) is 4.48. The van der Waals surface area contributed by atoms with E-state index in [0.29, 0.717) is 10.0 Å². The number of nitrogens with zero attached hydrogens (tertiary/aromatic N) is 1. The van der Waals surface area contributed by atoms with Gasteiger partial charge in [-0.2, -0.15) is 5.10 Å². The summed E-state index contributed by atoms with van der Waals surface area (Å²) >= 11 is 6.23. The maximum absolute atomic E-state index is 11.8. The fourth-order valence-corrected chi connectivity index (χ4v) is 3.03. The number of hydrogen-bond acceptors (Lipinski definition) is 5. The highest BCUT2D eigenvalue weighted by Crippen LogP contribution is 2.40. The zero-order valence-corrected chi connectivity index (χ0v) is 15.8. The number of carbonyl (C=O) groups excluding carboxylic acids is 1.